The highest BCUT2D eigenvalue weighted by molar-refractivity contribution is 14.1. The lowest BCUT2D eigenvalue weighted by Gasteiger charge is -2.20. The smallest absolute Gasteiger partial charge is 0.0623 e. The first-order chi connectivity index (χ1) is 6.65. The highest BCUT2D eigenvalue weighted by Crippen LogP contribution is 2.16. The van der Waals surface area contributed by atoms with Gasteiger partial charge in [0.1, 0.15) is 0 Å². The molecule has 0 aliphatic carbocycles. The summed E-state index contributed by atoms with van der Waals surface area (Å²) in [7, 11) is 0. The van der Waals surface area contributed by atoms with E-state index < -0.39 is 0 Å². The van der Waals surface area contributed by atoms with Crippen molar-refractivity contribution < 1.29 is 0 Å². The zero-order valence-corrected chi connectivity index (χ0v) is 11.2. The van der Waals surface area contributed by atoms with Crippen LogP contribution in [-0.4, -0.2) is 22.9 Å². The average Bonchev–Trinajstić information content (AvgIpc) is 2.60. The number of aromatic nitrogens is 2. The van der Waals surface area contributed by atoms with Crippen LogP contribution in [0.4, 0.5) is 0 Å². The Morgan fingerprint density at radius 2 is 2.29 bits per heavy atom. The molecule has 0 saturated heterocycles. The Bertz CT molecular complexity index is 272. The third-order valence-electron chi connectivity index (χ3n) is 2.53. The molecule has 3 nitrogen and oxygen atoms in total. The second-order valence-electron chi connectivity index (χ2n) is 3.66. The summed E-state index contributed by atoms with van der Waals surface area (Å²) >= 11 is 2.29. The Morgan fingerprint density at radius 1 is 1.57 bits per heavy atom. The fourth-order valence-electron chi connectivity index (χ4n) is 1.34. The zero-order valence-electron chi connectivity index (χ0n) is 9.00. The number of nitrogens with one attached hydrogen (secondary N) is 1. The number of hydrogen-bond acceptors (Lipinski definition) is 2. The molecule has 1 rings (SSSR count). The minimum atomic E-state index is 0.456. The molecular weight excluding hydrogens is 289 g/mol. The van der Waals surface area contributed by atoms with Gasteiger partial charge in [0.05, 0.1) is 15.8 Å². The summed E-state index contributed by atoms with van der Waals surface area (Å²) in [5.41, 5.74) is 0. The molecule has 0 amide bonds. The van der Waals surface area contributed by atoms with Crippen molar-refractivity contribution in [2.75, 3.05) is 13.1 Å². The monoisotopic (exact) mass is 307 g/mol. The molecule has 0 spiro atoms. The standard InChI is InChI=1S/C10H18IN3/c1-4-12-5-8(2)9(3)14-7-10(11)6-13-14/h6-9,12H,4-5H2,1-3H3. The fourth-order valence-corrected chi connectivity index (χ4v) is 1.75. The van der Waals surface area contributed by atoms with Crippen molar-refractivity contribution in [3.8, 4) is 0 Å². The Balaban J connectivity index is 2.51. The van der Waals surface area contributed by atoms with E-state index in [4.69, 9.17) is 0 Å². The van der Waals surface area contributed by atoms with E-state index in [0.29, 0.717) is 12.0 Å². The van der Waals surface area contributed by atoms with Gasteiger partial charge in [-0.1, -0.05) is 13.8 Å². The summed E-state index contributed by atoms with van der Waals surface area (Å²) in [6.07, 6.45) is 3.99. The van der Waals surface area contributed by atoms with Crippen molar-refractivity contribution in [1.82, 2.24) is 15.1 Å². The molecule has 1 heterocycles. The molecule has 14 heavy (non-hydrogen) atoms. The van der Waals surface area contributed by atoms with E-state index in [-0.39, 0.29) is 0 Å². The summed E-state index contributed by atoms with van der Waals surface area (Å²) < 4.78 is 3.24. The minimum absolute atomic E-state index is 0.456. The average molecular weight is 307 g/mol. The highest BCUT2D eigenvalue weighted by Gasteiger charge is 2.13. The topological polar surface area (TPSA) is 29.9 Å². The molecule has 0 fully saturated rings. The van der Waals surface area contributed by atoms with E-state index in [0.717, 1.165) is 13.1 Å². The predicted octanol–water partition coefficient (Wildman–Crippen LogP) is 2.29. The molecular formula is C10H18IN3. The molecule has 80 valence electrons. The van der Waals surface area contributed by atoms with E-state index in [1.165, 1.54) is 3.57 Å². The van der Waals surface area contributed by atoms with Gasteiger partial charge in [-0.3, -0.25) is 4.68 Å². The number of rotatable bonds is 5. The van der Waals surface area contributed by atoms with Crippen molar-refractivity contribution in [1.29, 1.82) is 0 Å². The maximum Gasteiger partial charge on any atom is 0.0623 e. The number of nitrogens with zero attached hydrogens (tertiary/aromatic N) is 2. The van der Waals surface area contributed by atoms with Gasteiger partial charge in [-0.25, -0.2) is 0 Å². The summed E-state index contributed by atoms with van der Waals surface area (Å²) in [6, 6.07) is 0.456. The van der Waals surface area contributed by atoms with Crippen molar-refractivity contribution in [2.24, 2.45) is 5.92 Å². The zero-order chi connectivity index (χ0) is 10.6. The van der Waals surface area contributed by atoms with Crippen LogP contribution in [0.5, 0.6) is 0 Å². The molecule has 4 heteroatoms. The van der Waals surface area contributed by atoms with Gasteiger partial charge in [-0.2, -0.15) is 5.10 Å². The van der Waals surface area contributed by atoms with Crippen LogP contribution in [0.2, 0.25) is 0 Å². The van der Waals surface area contributed by atoms with Crippen LogP contribution >= 0.6 is 22.6 Å². The van der Waals surface area contributed by atoms with Gasteiger partial charge in [0.15, 0.2) is 0 Å². The normalized spacial score (nSPS) is 15.4. The maximum absolute atomic E-state index is 4.33. The molecule has 2 unspecified atom stereocenters. The van der Waals surface area contributed by atoms with E-state index in [9.17, 15) is 0 Å². The van der Waals surface area contributed by atoms with Crippen LogP contribution in [0.15, 0.2) is 12.4 Å². The first-order valence-corrected chi connectivity index (χ1v) is 6.13. The third-order valence-corrected chi connectivity index (χ3v) is 3.08. The van der Waals surface area contributed by atoms with Gasteiger partial charge in [-0.15, -0.1) is 0 Å². The molecule has 0 aliphatic heterocycles. The first-order valence-electron chi connectivity index (χ1n) is 5.05. The molecule has 1 aromatic rings. The molecule has 0 aromatic carbocycles. The lowest BCUT2D eigenvalue weighted by Crippen LogP contribution is -2.26. The Morgan fingerprint density at radius 3 is 2.79 bits per heavy atom. The molecule has 0 aliphatic rings. The van der Waals surface area contributed by atoms with Crippen molar-refractivity contribution in [2.45, 2.75) is 26.8 Å². The molecule has 1 N–H and O–H groups in total. The third kappa shape index (κ3) is 3.24. The van der Waals surface area contributed by atoms with Crippen LogP contribution < -0.4 is 5.32 Å². The first kappa shape index (κ1) is 12.0. The predicted molar refractivity (Wildman–Crippen MR) is 67.4 cm³/mol. The summed E-state index contributed by atoms with van der Waals surface area (Å²) in [6.45, 7) is 8.68. The van der Waals surface area contributed by atoms with Crippen molar-refractivity contribution in [3.05, 3.63) is 16.0 Å². The van der Waals surface area contributed by atoms with Crippen LogP contribution in [-0.2, 0) is 0 Å². The van der Waals surface area contributed by atoms with Crippen molar-refractivity contribution in [3.63, 3.8) is 0 Å². The van der Waals surface area contributed by atoms with Gasteiger partial charge in [-0.05, 0) is 48.5 Å². The molecule has 0 radical (unpaired) electrons. The summed E-state index contributed by atoms with van der Waals surface area (Å²) in [4.78, 5) is 0. The number of halogens is 1. The SMILES string of the molecule is CCNCC(C)C(C)n1cc(I)cn1. The fraction of sp³-hybridized carbons (Fsp3) is 0.700. The lowest BCUT2D eigenvalue weighted by atomic mass is 10.0. The Labute approximate surface area is 99.4 Å². The molecule has 2 atom stereocenters. The Hall–Kier alpha value is -0.100. The summed E-state index contributed by atoms with van der Waals surface area (Å²) in [5.74, 6) is 0.602. The van der Waals surface area contributed by atoms with Crippen LogP contribution in [0.3, 0.4) is 0 Å². The summed E-state index contributed by atoms with van der Waals surface area (Å²) in [5, 5.41) is 7.69. The van der Waals surface area contributed by atoms with Gasteiger partial charge in [0.2, 0.25) is 0 Å². The molecule has 0 saturated carbocycles. The highest BCUT2D eigenvalue weighted by atomic mass is 127. The van der Waals surface area contributed by atoms with Crippen LogP contribution in [0.1, 0.15) is 26.8 Å². The van der Waals surface area contributed by atoms with Gasteiger partial charge >= 0.3 is 0 Å². The van der Waals surface area contributed by atoms with Gasteiger partial charge in [0.25, 0.3) is 0 Å². The second kappa shape index (κ2) is 5.70. The second-order valence-corrected chi connectivity index (χ2v) is 4.91. The Kier molecular flexibility index (Phi) is 4.88. The largest absolute Gasteiger partial charge is 0.317 e. The van der Waals surface area contributed by atoms with Gasteiger partial charge < -0.3 is 5.32 Å². The maximum atomic E-state index is 4.33. The quantitative estimate of drug-likeness (QED) is 0.846. The van der Waals surface area contributed by atoms with E-state index >= 15 is 0 Å². The van der Waals surface area contributed by atoms with Crippen molar-refractivity contribution >= 4 is 22.6 Å². The minimum Gasteiger partial charge on any atom is -0.317 e. The molecule has 0 bridgehead atoms. The van der Waals surface area contributed by atoms with E-state index in [1.807, 2.05) is 10.9 Å². The van der Waals surface area contributed by atoms with E-state index in [1.54, 1.807) is 0 Å². The van der Waals surface area contributed by atoms with E-state index in [2.05, 4.69) is 60.0 Å². The van der Waals surface area contributed by atoms with Gasteiger partial charge in [0, 0.05) is 6.20 Å². The lowest BCUT2D eigenvalue weighted by molar-refractivity contribution is 0.339. The number of hydrogen-bond donors (Lipinski definition) is 1. The molecule has 1 aromatic heterocycles. The van der Waals surface area contributed by atoms with Crippen LogP contribution in [0.25, 0.3) is 0 Å². The van der Waals surface area contributed by atoms with Crippen LogP contribution in [0, 0.1) is 9.49 Å².